The highest BCUT2D eigenvalue weighted by atomic mass is 32.2. The molecule has 0 aliphatic carbocycles. The Hall–Kier alpha value is -2.47. The molecule has 0 saturated carbocycles. The standard InChI is InChI=1S/C18H17NO4S/c1-13(20)17-16(14-8-4-2-5-9-14)12-19(18(17)21)24(22,23)15-10-6-3-7-11-15/h2-11,16-17H,12H2,1H3/t16-,17+/m1/s1. The van der Waals surface area contributed by atoms with E-state index in [1.165, 1.54) is 19.1 Å². The summed E-state index contributed by atoms with van der Waals surface area (Å²) in [7, 11) is -3.96. The lowest BCUT2D eigenvalue weighted by atomic mass is 9.86. The fraction of sp³-hybridized carbons (Fsp3) is 0.222. The highest BCUT2D eigenvalue weighted by molar-refractivity contribution is 7.89. The van der Waals surface area contributed by atoms with Crippen molar-refractivity contribution in [3.8, 4) is 0 Å². The molecule has 1 amide bonds. The van der Waals surface area contributed by atoms with Crippen LogP contribution in [-0.4, -0.2) is 31.0 Å². The zero-order valence-corrected chi connectivity index (χ0v) is 13.9. The normalized spacial score (nSPS) is 21.0. The van der Waals surface area contributed by atoms with E-state index in [-0.39, 0.29) is 17.2 Å². The Labute approximate surface area is 141 Å². The van der Waals surface area contributed by atoms with Crippen LogP contribution in [0.25, 0.3) is 0 Å². The van der Waals surface area contributed by atoms with Crippen LogP contribution in [0.15, 0.2) is 65.6 Å². The number of hydrogen-bond donors (Lipinski definition) is 0. The number of carbonyl (C=O) groups is 2. The van der Waals surface area contributed by atoms with Crippen LogP contribution in [0.5, 0.6) is 0 Å². The fourth-order valence-corrected chi connectivity index (χ4v) is 4.56. The number of hydrogen-bond acceptors (Lipinski definition) is 4. The first kappa shape index (κ1) is 16.4. The molecule has 2 atom stereocenters. The third-order valence-corrected chi connectivity index (χ3v) is 6.05. The summed E-state index contributed by atoms with van der Waals surface area (Å²) < 4.78 is 26.4. The van der Waals surface area contributed by atoms with Crippen LogP contribution in [0.2, 0.25) is 0 Å². The second-order valence-electron chi connectivity index (χ2n) is 5.79. The molecule has 24 heavy (non-hydrogen) atoms. The lowest BCUT2D eigenvalue weighted by molar-refractivity contribution is -0.133. The van der Waals surface area contributed by atoms with Gasteiger partial charge in [0.1, 0.15) is 11.7 Å². The van der Waals surface area contributed by atoms with Gasteiger partial charge in [0.15, 0.2) is 0 Å². The van der Waals surface area contributed by atoms with Crippen molar-refractivity contribution in [2.45, 2.75) is 17.7 Å². The number of sulfonamides is 1. The van der Waals surface area contributed by atoms with E-state index in [0.29, 0.717) is 0 Å². The molecule has 6 heteroatoms. The Balaban J connectivity index is 2.03. The van der Waals surface area contributed by atoms with Gasteiger partial charge in [-0.25, -0.2) is 12.7 Å². The molecule has 1 aliphatic heterocycles. The van der Waals surface area contributed by atoms with Crippen molar-refractivity contribution in [2.75, 3.05) is 6.54 Å². The second-order valence-corrected chi connectivity index (χ2v) is 7.66. The summed E-state index contributed by atoms with van der Waals surface area (Å²) in [6, 6.07) is 16.9. The van der Waals surface area contributed by atoms with Gasteiger partial charge < -0.3 is 0 Å². The molecule has 2 aromatic rings. The van der Waals surface area contributed by atoms with E-state index in [0.717, 1.165) is 9.87 Å². The minimum atomic E-state index is -3.96. The summed E-state index contributed by atoms with van der Waals surface area (Å²) in [6.45, 7) is 1.31. The van der Waals surface area contributed by atoms with E-state index in [2.05, 4.69) is 0 Å². The molecule has 0 aromatic heterocycles. The maximum Gasteiger partial charge on any atom is 0.266 e. The Kier molecular flexibility index (Phi) is 4.24. The predicted molar refractivity (Wildman–Crippen MR) is 88.7 cm³/mol. The number of Topliss-reactive ketones (excluding diaryl/α,β-unsaturated/α-hetero) is 1. The molecule has 1 saturated heterocycles. The summed E-state index contributed by atoms with van der Waals surface area (Å²) in [5, 5.41) is 0. The SMILES string of the molecule is CC(=O)[C@@H]1C(=O)N(S(=O)(=O)c2ccccc2)C[C@@H]1c1ccccc1. The summed E-state index contributed by atoms with van der Waals surface area (Å²) in [5.74, 6) is -2.40. The molecule has 3 rings (SSSR count). The first-order chi connectivity index (χ1) is 11.4. The van der Waals surface area contributed by atoms with E-state index in [9.17, 15) is 18.0 Å². The van der Waals surface area contributed by atoms with Crippen molar-refractivity contribution in [3.63, 3.8) is 0 Å². The highest BCUT2D eigenvalue weighted by Gasteiger charge is 2.48. The second kappa shape index (κ2) is 6.20. The van der Waals surface area contributed by atoms with Gasteiger partial charge in [-0.15, -0.1) is 0 Å². The number of benzene rings is 2. The quantitative estimate of drug-likeness (QED) is 0.798. The maximum atomic E-state index is 12.8. The van der Waals surface area contributed by atoms with Gasteiger partial charge in [-0.1, -0.05) is 48.5 Å². The van der Waals surface area contributed by atoms with Gasteiger partial charge in [0.25, 0.3) is 10.0 Å². The Morgan fingerprint density at radius 2 is 1.54 bits per heavy atom. The van der Waals surface area contributed by atoms with Crippen molar-refractivity contribution in [2.24, 2.45) is 5.92 Å². The van der Waals surface area contributed by atoms with E-state index < -0.39 is 27.8 Å². The summed E-state index contributed by atoms with van der Waals surface area (Å²) >= 11 is 0. The van der Waals surface area contributed by atoms with Crippen LogP contribution >= 0.6 is 0 Å². The molecule has 1 heterocycles. The largest absolute Gasteiger partial charge is 0.299 e. The van der Waals surface area contributed by atoms with Crippen LogP contribution < -0.4 is 0 Å². The molecule has 0 spiro atoms. The molecule has 5 nitrogen and oxygen atoms in total. The lowest BCUT2D eigenvalue weighted by Gasteiger charge is -2.17. The van der Waals surface area contributed by atoms with Crippen molar-refractivity contribution in [1.82, 2.24) is 4.31 Å². The summed E-state index contributed by atoms with van der Waals surface area (Å²) in [6.07, 6.45) is 0. The molecule has 0 bridgehead atoms. The first-order valence-electron chi connectivity index (χ1n) is 7.60. The van der Waals surface area contributed by atoms with Gasteiger partial charge in [-0.05, 0) is 24.6 Å². The molecule has 2 aromatic carbocycles. The van der Waals surface area contributed by atoms with E-state index in [1.807, 2.05) is 30.3 Å². The topological polar surface area (TPSA) is 71.5 Å². The summed E-state index contributed by atoms with van der Waals surface area (Å²) in [5.41, 5.74) is 0.789. The lowest BCUT2D eigenvalue weighted by Crippen LogP contribution is -2.35. The van der Waals surface area contributed by atoms with Crippen LogP contribution in [0.1, 0.15) is 18.4 Å². The molecule has 0 unspecified atom stereocenters. The Morgan fingerprint density at radius 1 is 1.00 bits per heavy atom. The van der Waals surface area contributed by atoms with Gasteiger partial charge in [-0.2, -0.15) is 0 Å². The average Bonchev–Trinajstić information content (AvgIpc) is 2.95. The van der Waals surface area contributed by atoms with Crippen LogP contribution in [0.3, 0.4) is 0 Å². The van der Waals surface area contributed by atoms with Gasteiger partial charge in [0, 0.05) is 12.5 Å². The number of rotatable bonds is 4. The number of amides is 1. The number of carbonyl (C=O) groups excluding carboxylic acids is 2. The first-order valence-corrected chi connectivity index (χ1v) is 9.04. The minimum absolute atomic E-state index is 0.0235. The average molecular weight is 343 g/mol. The third kappa shape index (κ3) is 2.73. The van der Waals surface area contributed by atoms with Crippen LogP contribution in [0, 0.1) is 5.92 Å². The monoisotopic (exact) mass is 343 g/mol. The molecule has 1 fully saturated rings. The zero-order valence-electron chi connectivity index (χ0n) is 13.1. The maximum absolute atomic E-state index is 12.8. The Morgan fingerprint density at radius 3 is 2.08 bits per heavy atom. The zero-order chi connectivity index (χ0) is 17.3. The molecular weight excluding hydrogens is 326 g/mol. The Bertz CT molecular complexity index is 862. The van der Waals surface area contributed by atoms with Crippen molar-refractivity contribution < 1.29 is 18.0 Å². The third-order valence-electron chi connectivity index (χ3n) is 4.27. The number of ketones is 1. The molecule has 0 N–H and O–H groups in total. The molecule has 1 aliphatic rings. The van der Waals surface area contributed by atoms with Crippen molar-refractivity contribution in [1.29, 1.82) is 0 Å². The highest BCUT2D eigenvalue weighted by Crippen LogP contribution is 2.37. The van der Waals surface area contributed by atoms with Gasteiger partial charge in [0.05, 0.1) is 4.90 Å². The summed E-state index contributed by atoms with van der Waals surface area (Å²) in [4.78, 5) is 24.7. The van der Waals surface area contributed by atoms with Gasteiger partial charge in [0.2, 0.25) is 5.91 Å². The van der Waals surface area contributed by atoms with E-state index >= 15 is 0 Å². The van der Waals surface area contributed by atoms with E-state index in [4.69, 9.17) is 0 Å². The van der Waals surface area contributed by atoms with Gasteiger partial charge >= 0.3 is 0 Å². The van der Waals surface area contributed by atoms with Crippen molar-refractivity contribution >= 4 is 21.7 Å². The number of nitrogens with zero attached hydrogens (tertiary/aromatic N) is 1. The smallest absolute Gasteiger partial charge is 0.266 e. The molecular formula is C18H17NO4S. The van der Waals surface area contributed by atoms with Crippen molar-refractivity contribution in [3.05, 3.63) is 66.2 Å². The predicted octanol–water partition coefficient (Wildman–Crippen LogP) is 2.21. The fourth-order valence-electron chi connectivity index (χ4n) is 3.09. The van der Waals surface area contributed by atoms with Gasteiger partial charge in [-0.3, -0.25) is 9.59 Å². The van der Waals surface area contributed by atoms with Crippen LogP contribution in [0.4, 0.5) is 0 Å². The van der Waals surface area contributed by atoms with Crippen LogP contribution in [-0.2, 0) is 19.6 Å². The van der Waals surface area contributed by atoms with E-state index in [1.54, 1.807) is 18.2 Å². The minimum Gasteiger partial charge on any atom is -0.299 e. The molecule has 124 valence electrons. The molecule has 0 radical (unpaired) electrons.